The van der Waals surface area contributed by atoms with Crippen LogP contribution in [0.1, 0.15) is 28.3 Å². The van der Waals surface area contributed by atoms with E-state index in [1.807, 2.05) is 61.5 Å². The first-order valence-electron chi connectivity index (χ1n) is 10.3. The summed E-state index contributed by atoms with van der Waals surface area (Å²) in [6.07, 6.45) is 2.41. The summed E-state index contributed by atoms with van der Waals surface area (Å²) in [5.74, 6) is 1.33. The summed E-state index contributed by atoms with van der Waals surface area (Å²) in [5, 5.41) is 6.63. The summed E-state index contributed by atoms with van der Waals surface area (Å²) in [4.78, 5) is 28.4. The van der Waals surface area contributed by atoms with Crippen LogP contribution in [-0.4, -0.2) is 33.9 Å². The van der Waals surface area contributed by atoms with Gasteiger partial charge >= 0.3 is 0 Å². The van der Waals surface area contributed by atoms with Crippen LogP contribution in [0.3, 0.4) is 0 Å². The lowest BCUT2D eigenvalue weighted by Crippen LogP contribution is -2.19. The van der Waals surface area contributed by atoms with Crippen LogP contribution in [0, 0.1) is 6.92 Å². The van der Waals surface area contributed by atoms with Gasteiger partial charge in [0.2, 0.25) is 5.95 Å². The van der Waals surface area contributed by atoms with Crippen LogP contribution in [-0.2, 0) is 0 Å². The van der Waals surface area contributed by atoms with Crippen molar-refractivity contribution in [2.75, 3.05) is 28.6 Å². The average Bonchev–Trinajstić information content (AvgIpc) is 3.45. The topological polar surface area (TPSA) is 83.0 Å². The van der Waals surface area contributed by atoms with Gasteiger partial charge in [0.1, 0.15) is 5.82 Å². The number of nitrogens with one attached hydrogen (secondary N) is 2. The maximum atomic E-state index is 12.6. The van der Waals surface area contributed by atoms with E-state index in [1.54, 1.807) is 0 Å². The first-order valence-corrected chi connectivity index (χ1v) is 11.1. The van der Waals surface area contributed by atoms with Crippen LogP contribution in [0.4, 0.5) is 23.1 Å². The molecule has 3 heterocycles. The highest BCUT2D eigenvalue weighted by molar-refractivity contribution is 7.20. The van der Waals surface area contributed by atoms with Gasteiger partial charge in [-0.2, -0.15) is 4.98 Å². The number of anilines is 4. The Balaban J connectivity index is 1.27. The van der Waals surface area contributed by atoms with Crippen molar-refractivity contribution in [1.29, 1.82) is 0 Å². The SMILES string of the molecule is Cc1cc(N2CCCC2)nc(Nc2ccc(NC(=O)c3nc4ccccc4s3)cc2)n1. The Kier molecular flexibility index (Phi) is 5.21. The van der Waals surface area contributed by atoms with Crippen LogP contribution >= 0.6 is 11.3 Å². The van der Waals surface area contributed by atoms with Crippen LogP contribution in [0.2, 0.25) is 0 Å². The number of aryl methyl sites for hydroxylation is 1. The molecule has 8 heteroatoms. The summed E-state index contributed by atoms with van der Waals surface area (Å²) < 4.78 is 0.999. The van der Waals surface area contributed by atoms with Crippen molar-refractivity contribution >= 4 is 50.6 Å². The Morgan fingerprint density at radius 2 is 1.71 bits per heavy atom. The number of aromatic nitrogens is 3. The number of fused-ring (bicyclic) bond motifs is 1. The van der Waals surface area contributed by atoms with Crippen molar-refractivity contribution < 1.29 is 4.79 Å². The van der Waals surface area contributed by atoms with E-state index in [2.05, 4.69) is 30.5 Å². The van der Waals surface area contributed by atoms with Gasteiger partial charge in [-0.25, -0.2) is 9.97 Å². The molecule has 0 atom stereocenters. The molecule has 2 aromatic carbocycles. The van der Waals surface area contributed by atoms with E-state index < -0.39 is 0 Å². The van der Waals surface area contributed by atoms with Crippen molar-refractivity contribution in [3.05, 3.63) is 65.3 Å². The molecule has 0 radical (unpaired) electrons. The van der Waals surface area contributed by atoms with Gasteiger partial charge in [-0.1, -0.05) is 12.1 Å². The van der Waals surface area contributed by atoms with E-state index in [4.69, 9.17) is 0 Å². The van der Waals surface area contributed by atoms with Crippen molar-refractivity contribution in [1.82, 2.24) is 15.0 Å². The third-order valence-electron chi connectivity index (χ3n) is 5.16. The molecule has 0 unspecified atom stereocenters. The summed E-state index contributed by atoms with van der Waals surface area (Å²) in [6.45, 7) is 4.06. The fourth-order valence-corrected chi connectivity index (χ4v) is 4.50. The van der Waals surface area contributed by atoms with Crippen LogP contribution in [0.25, 0.3) is 10.2 Å². The number of nitrogens with zero attached hydrogens (tertiary/aromatic N) is 4. The van der Waals surface area contributed by atoms with Crippen LogP contribution in [0.5, 0.6) is 0 Å². The van der Waals surface area contributed by atoms with Gasteiger partial charge in [0.25, 0.3) is 5.91 Å². The minimum atomic E-state index is -0.209. The predicted octanol–water partition coefficient (Wildman–Crippen LogP) is 4.99. The first-order chi connectivity index (χ1) is 15.1. The molecule has 156 valence electrons. The third-order valence-corrected chi connectivity index (χ3v) is 6.19. The van der Waals surface area contributed by atoms with E-state index in [0.29, 0.717) is 16.6 Å². The van der Waals surface area contributed by atoms with E-state index >= 15 is 0 Å². The second-order valence-corrected chi connectivity index (χ2v) is 8.56. The van der Waals surface area contributed by atoms with Crippen LogP contribution in [0.15, 0.2) is 54.6 Å². The van der Waals surface area contributed by atoms with E-state index in [-0.39, 0.29) is 5.91 Å². The molecule has 1 aliphatic rings. The molecular formula is C23H22N6OS. The summed E-state index contributed by atoms with van der Waals surface area (Å²) in [6, 6.07) is 17.3. The molecule has 1 saturated heterocycles. The lowest BCUT2D eigenvalue weighted by atomic mass is 10.3. The smallest absolute Gasteiger partial charge is 0.284 e. The second-order valence-electron chi connectivity index (χ2n) is 7.53. The van der Waals surface area contributed by atoms with Crippen molar-refractivity contribution in [2.45, 2.75) is 19.8 Å². The first kappa shape index (κ1) is 19.4. The minimum absolute atomic E-state index is 0.209. The molecule has 1 fully saturated rings. The fourth-order valence-electron chi connectivity index (χ4n) is 3.64. The number of carbonyl (C=O) groups is 1. The Morgan fingerprint density at radius 1 is 0.968 bits per heavy atom. The number of hydrogen-bond donors (Lipinski definition) is 2. The highest BCUT2D eigenvalue weighted by Gasteiger charge is 2.15. The number of thiazole rings is 1. The number of amides is 1. The lowest BCUT2D eigenvalue weighted by Gasteiger charge is -2.17. The van der Waals surface area contributed by atoms with Gasteiger partial charge in [0, 0.05) is 36.2 Å². The Labute approximate surface area is 184 Å². The normalized spacial score (nSPS) is 13.5. The highest BCUT2D eigenvalue weighted by atomic mass is 32.1. The molecule has 0 aliphatic carbocycles. The molecular weight excluding hydrogens is 408 g/mol. The highest BCUT2D eigenvalue weighted by Crippen LogP contribution is 2.24. The molecule has 5 rings (SSSR count). The standard InChI is InChI=1S/C23H22N6OS/c1-15-14-20(29-12-4-5-13-29)28-23(24-15)26-17-10-8-16(9-11-17)25-21(30)22-27-18-6-2-3-7-19(18)31-22/h2-3,6-11,14H,4-5,12-13H2,1H3,(H,25,30)(H,24,26,28). The van der Waals surface area contributed by atoms with Crippen molar-refractivity contribution in [2.24, 2.45) is 0 Å². The van der Waals surface area contributed by atoms with Crippen molar-refractivity contribution in [3.8, 4) is 0 Å². The quantitative estimate of drug-likeness (QED) is 0.464. The maximum Gasteiger partial charge on any atom is 0.284 e. The summed E-state index contributed by atoms with van der Waals surface area (Å²) in [7, 11) is 0. The summed E-state index contributed by atoms with van der Waals surface area (Å²) >= 11 is 1.39. The van der Waals surface area contributed by atoms with Gasteiger partial charge in [-0.15, -0.1) is 11.3 Å². The fraction of sp³-hybridized carbons (Fsp3) is 0.217. The van der Waals surface area contributed by atoms with E-state index in [9.17, 15) is 4.79 Å². The van der Waals surface area contributed by atoms with Gasteiger partial charge in [-0.05, 0) is 56.2 Å². The largest absolute Gasteiger partial charge is 0.356 e. The lowest BCUT2D eigenvalue weighted by molar-refractivity contribution is 0.102. The Morgan fingerprint density at radius 3 is 2.48 bits per heavy atom. The molecule has 2 N–H and O–H groups in total. The summed E-state index contributed by atoms with van der Waals surface area (Å²) in [5.41, 5.74) is 3.33. The number of benzene rings is 2. The maximum absolute atomic E-state index is 12.6. The zero-order valence-corrected chi connectivity index (χ0v) is 17.9. The molecule has 1 aliphatic heterocycles. The molecule has 0 spiro atoms. The third kappa shape index (κ3) is 4.34. The molecule has 4 aromatic rings. The molecule has 31 heavy (non-hydrogen) atoms. The van der Waals surface area contributed by atoms with Gasteiger partial charge < -0.3 is 15.5 Å². The van der Waals surface area contributed by atoms with Crippen LogP contribution < -0.4 is 15.5 Å². The minimum Gasteiger partial charge on any atom is -0.356 e. The monoisotopic (exact) mass is 430 g/mol. The number of para-hydroxylation sites is 1. The van der Waals surface area contributed by atoms with E-state index in [1.165, 1.54) is 24.2 Å². The van der Waals surface area contributed by atoms with Gasteiger partial charge in [0.05, 0.1) is 10.2 Å². The molecule has 1 amide bonds. The van der Waals surface area contributed by atoms with Crippen molar-refractivity contribution in [3.63, 3.8) is 0 Å². The van der Waals surface area contributed by atoms with Gasteiger partial charge in [0.15, 0.2) is 5.01 Å². The number of hydrogen-bond acceptors (Lipinski definition) is 7. The predicted molar refractivity (Wildman–Crippen MR) is 126 cm³/mol. The second kappa shape index (κ2) is 8.31. The molecule has 7 nitrogen and oxygen atoms in total. The number of carbonyl (C=O) groups excluding carboxylic acids is 1. The molecule has 0 bridgehead atoms. The van der Waals surface area contributed by atoms with E-state index in [0.717, 1.165) is 40.5 Å². The zero-order chi connectivity index (χ0) is 21.2. The Hall–Kier alpha value is -3.52. The average molecular weight is 431 g/mol. The molecule has 0 saturated carbocycles. The Bertz CT molecular complexity index is 1200. The number of rotatable bonds is 5. The van der Waals surface area contributed by atoms with Gasteiger partial charge in [-0.3, -0.25) is 4.79 Å². The zero-order valence-electron chi connectivity index (χ0n) is 17.1. The molecule has 2 aromatic heterocycles.